The molecule has 0 saturated carbocycles. The third kappa shape index (κ3) is 4.64. The van der Waals surface area contributed by atoms with Crippen LogP contribution < -0.4 is 15.8 Å². The maximum absolute atomic E-state index is 13.8. The highest BCUT2D eigenvalue weighted by Crippen LogP contribution is 2.21. The smallest absolute Gasteiger partial charge is 0.262 e. The largest absolute Gasteiger partial charge is 0.366 e. The molecule has 0 atom stereocenters. The number of carbonyl (C=O) groups excluding carboxylic acids is 2. The van der Waals surface area contributed by atoms with E-state index in [1.807, 2.05) is 0 Å². The van der Waals surface area contributed by atoms with E-state index in [2.05, 4.69) is 10.0 Å². The normalized spacial score (nSPS) is 11.0. The Bertz CT molecular complexity index is 1240. The fourth-order valence-electron chi connectivity index (χ4n) is 2.77. The van der Waals surface area contributed by atoms with Crippen LogP contribution in [0.15, 0.2) is 71.6 Å². The fourth-order valence-corrected chi connectivity index (χ4v) is 3.89. The molecule has 0 aromatic heterocycles. The van der Waals surface area contributed by atoms with Gasteiger partial charge in [-0.05, 0) is 61.0 Å². The highest BCUT2D eigenvalue weighted by atomic mass is 32.2. The molecule has 0 heterocycles. The summed E-state index contributed by atoms with van der Waals surface area (Å²) in [6.07, 6.45) is 0. The lowest BCUT2D eigenvalue weighted by Gasteiger charge is -2.11. The summed E-state index contributed by atoms with van der Waals surface area (Å²) in [5, 5.41) is 2.64. The Morgan fingerprint density at radius 2 is 1.70 bits per heavy atom. The van der Waals surface area contributed by atoms with Crippen molar-refractivity contribution in [3.05, 3.63) is 89.2 Å². The number of aryl methyl sites for hydroxylation is 1. The van der Waals surface area contributed by atoms with Crippen molar-refractivity contribution in [1.82, 2.24) is 0 Å². The van der Waals surface area contributed by atoms with Crippen molar-refractivity contribution in [3.63, 3.8) is 0 Å². The van der Waals surface area contributed by atoms with Crippen LogP contribution >= 0.6 is 0 Å². The third-order valence-electron chi connectivity index (χ3n) is 4.27. The molecule has 154 valence electrons. The molecule has 9 heteroatoms. The summed E-state index contributed by atoms with van der Waals surface area (Å²) in [6.45, 7) is 1.68. The molecular formula is C21H18FN3O4S. The van der Waals surface area contributed by atoms with E-state index < -0.39 is 27.7 Å². The predicted octanol–water partition coefficient (Wildman–Crippen LogP) is 3.29. The van der Waals surface area contributed by atoms with Crippen molar-refractivity contribution in [3.8, 4) is 0 Å². The molecule has 3 aromatic rings. The molecule has 0 aliphatic rings. The van der Waals surface area contributed by atoms with Gasteiger partial charge in [-0.1, -0.05) is 18.2 Å². The van der Waals surface area contributed by atoms with Gasteiger partial charge in [-0.2, -0.15) is 0 Å². The van der Waals surface area contributed by atoms with Crippen LogP contribution in [0, 0.1) is 12.7 Å². The zero-order chi connectivity index (χ0) is 21.9. The summed E-state index contributed by atoms with van der Waals surface area (Å²) in [5.74, 6) is -1.85. The Kier molecular flexibility index (Phi) is 5.84. The lowest BCUT2D eigenvalue weighted by molar-refractivity contribution is 0.0997. The van der Waals surface area contributed by atoms with E-state index in [-0.39, 0.29) is 16.1 Å². The second-order valence-corrected chi connectivity index (χ2v) is 8.14. The summed E-state index contributed by atoms with van der Waals surface area (Å²) in [4.78, 5) is 23.7. The molecule has 3 rings (SSSR count). The number of para-hydroxylation sites is 1. The van der Waals surface area contributed by atoms with Gasteiger partial charge in [0.1, 0.15) is 5.82 Å². The van der Waals surface area contributed by atoms with Crippen LogP contribution in [0.4, 0.5) is 15.8 Å². The Labute approximate surface area is 172 Å². The van der Waals surface area contributed by atoms with Crippen molar-refractivity contribution in [2.24, 2.45) is 5.73 Å². The maximum atomic E-state index is 13.8. The summed E-state index contributed by atoms with van der Waals surface area (Å²) in [7, 11) is -4.11. The third-order valence-corrected chi connectivity index (χ3v) is 5.64. The molecule has 0 unspecified atom stereocenters. The highest BCUT2D eigenvalue weighted by Gasteiger charge is 2.18. The first kappa shape index (κ1) is 21.0. The first-order valence-electron chi connectivity index (χ1n) is 8.76. The molecule has 4 N–H and O–H groups in total. The van der Waals surface area contributed by atoms with Crippen LogP contribution in [0.3, 0.4) is 0 Å². The zero-order valence-corrected chi connectivity index (χ0v) is 16.7. The van der Waals surface area contributed by atoms with Crippen molar-refractivity contribution >= 4 is 33.2 Å². The second kappa shape index (κ2) is 8.34. The highest BCUT2D eigenvalue weighted by molar-refractivity contribution is 7.92. The van der Waals surface area contributed by atoms with Gasteiger partial charge >= 0.3 is 0 Å². The van der Waals surface area contributed by atoms with Crippen LogP contribution in [0.2, 0.25) is 0 Å². The summed E-state index contributed by atoms with van der Waals surface area (Å²) in [6, 6.07) is 15.3. The van der Waals surface area contributed by atoms with Gasteiger partial charge in [0.15, 0.2) is 0 Å². The zero-order valence-electron chi connectivity index (χ0n) is 15.8. The predicted molar refractivity (Wildman–Crippen MR) is 111 cm³/mol. The number of amides is 2. The number of anilines is 2. The van der Waals surface area contributed by atoms with E-state index in [1.165, 1.54) is 54.6 Å². The molecule has 30 heavy (non-hydrogen) atoms. The van der Waals surface area contributed by atoms with Crippen LogP contribution in [0.25, 0.3) is 0 Å². The van der Waals surface area contributed by atoms with E-state index >= 15 is 0 Å². The molecule has 0 aliphatic carbocycles. The molecule has 0 aliphatic heterocycles. The molecular weight excluding hydrogens is 409 g/mol. The summed E-state index contributed by atoms with van der Waals surface area (Å²) >= 11 is 0. The molecule has 0 bridgehead atoms. The minimum atomic E-state index is -4.11. The molecule has 0 fully saturated rings. The van der Waals surface area contributed by atoms with E-state index in [0.717, 1.165) is 6.07 Å². The first-order valence-corrected chi connectivity index (χ1v) is 10.2. The van der Waals surface area contributed by atoms with Crippen molar-refractivity contribution < 1.29 is 22.4 Å². The number of nitrogens with one attached hydrogen (secondary N) is 2. The number of hydrogen-bond donors (Lipinski definition) is 3. The number of nitrogens with two attached hydrogens (primary N) is 1. The second-order valence-electron chi connectivity index (χ2n) is 6.46. The van der Waals surface area contributed by atoms with Crippen LogP contribution in [-0.2, 0) is 10.0 Å². The summed E-state index contributed by atoms with van der Waals surface area (Å²) in [5.41, 5.74) is 6.49. The van der Waals surface area contributed by atoms with E-state index in [4.69, 9.17) is 5.73 Å². The maximum Gasteiger partial charge on any atom is 0.262 e. The number of hydrogen-bond acceptors (Lipinski definition) is 4. The topological polar surface area (TPSA) is 118 Å². The van der Waals surface area contributed by atoms with Gasteiger partial charge in [0.2, 0.25) is 5.91 Å². The number of carbonyl (C=O) groups is 2. The van der Waals surface area contributed by atoms with Gasteiger partial charge in [-0.15, -0.1) is 0 Å². The van der Waals surface area contributed by atoms with Crippen LogP contribution in [0.1, 0.15) is 26.3 Å². The van der Waals surface area contributed by atoms with E-state index in [0.29, 0.717) is 16.8 Å². The minimum absolute atomic E-state index is 0.0861. The average molecular weight is 427 g/mol. The van der Waals surface area contributed by atoms with Crippen molar-refractivity contribution in [1.29, 1.82) is 0 Å². The Hall–Kier alpha value is -3.72. The molecule has 3 aromatic carbocycles. The molecule has 0 radical (unpaired) electrons. The van der Waals surface area contributed by atoms with Gasteiger partial charge in [-0.25, -0.2) is 12.8 Å². The Morgan fingerprint density at radius 3 is 2.37 bits per heavy atom. The van der Waals surface area contributed by atoms with Crippen molar-refractivity contribution in [2.75, 3.05) is 10.0 Å². The van der Waals surface area contributed by atoms with Crippen LogP contribution in [0.5, 0.6) is 0 Å². The monoisotopic (exact) mass is 427 g/mol. The fraction of sp³-hybridized carbons (Fsp3) is 0.0476. The minimum Gasteiger partial charge on any atom is -0.366 e. The van der Waals surface area contributed by atoms with Gasteiger partial charge in [0.05, 0.1) is 10.6 Å². The Balaban J connectivity index is 1.82. The van der Waals surface area contributed by atoms with E-state index in [9.17, 15) is 22.4 Å². The molecule has 2 amide bonds. The van der Waals surface area contributed by atoms with Crippen LogP contribution in [-0.4, -0.2) is 20.2 Å². The Morgan fingerprint density at radius 1 is 0.967 bits per heavy atom. The lowest BCUT2D eigenvalue weighted by atomic mass is 10.1. The number of benzene rings is 3. The number of sulfonamides is 1. The lowest BCUT2D eigenvalue weighted by Crippen LogP contribution is -2.17. The standard InChI is InChI=1S/C21H18FN3O4S/c1-13-11-15(9-10-17(13)20(23)26)24-21(27)14-5-4-6-16(12-14)30(28,29)25-19-8-3-2-7-18(19)22/h2-12,25H,1H3,(H2,23,26)(H,24,27). The quantitative estimate of drug-likeness (QED) is 0.559. The number of rotatable bonds is 6. The van der Waals surface area contributed by atoms with Gasteiger partial charge < -0.3 is 11.1 Å². The summed E-state index contributed by atoms with van der Waals surface area (Å²) < 4.78 is 41.1. The molecule has 0 saturated heterocycles. The molecule has 7 nitrogen and oxygen atoms in total. The number of halogens is 1. The average Bonchev–Trinajstić information content (AvgIpc) is 2.69. The van der Waals surface area contributed by atoms with E-state index in [1.54, 1.807) is 13.0 Å². The van der Waals surface area contributed by atoms with Gasteiger partial charge in [0, 0.05) is 16.8 Å². The van der Waals surface area contributed by atoms with Gasteiger partial charge in [0.25, 0.3) is 15.9 Å². The van der Waals surface area contributed by atoms with Crippen molar-refractivity contribution in [2.45, 2.75) is 11.8 Å². The molecule has 0 spiro atoms. The SMILES string of the molecule is Cc1cc(NC(=O)c2cccc(S(=O)(=O)Nc3ccccc3F)c2)ccc1C(N)=O. The number of primary amides is 1. The van der Waals surface area contributed by atoms with Gasteiger partial charge in [-0.3, -0.25) is 14.3 Å². The first-order chi connectivity index (χ1) is 14.2.